The largest absolute Gasteiger partial charge is 0.463 e. The van der Waals surface area contributed by atoms with Crippen LogP contribution in [0.2, 0.25) is 0 Å². The Labute approximate surface area is 173 Å². The highest BCUT2D eigenvalue weighted by Crippen LogP contribution is 2.37. The molecule has 0 aliphatic carbocycles. The van der Waals surface area contributed by atoms with Crippen molar-refractivity contribution >= 4 is 33.9 Å². The minimum absolute atomic E-state index is 0.164. The van der Waals surface area contributed by atoms with Crippen molar-refractivity contribution < 1.29 is 50.7 Å². The van der Waals surface area contributed by atoms with Gasteiger partial charge in [0, 0.05) is 27.7 Å². The summed E-state index contributed by atoms with van der Waals surface area (Å²) in [6.07, 6.45) is -4.83. The average molecular weight is 451 g/mol. The molecular weight excluding hydrogens is 426 g/mol. The normalized spacial score (nSPS) is 30.9. The number of esters is 3. The van der Waals surface area contributed by atoms with E-state index in [0.29, 0.717) is 0 Å². The number of likely N-dealkylation sites (tertiary alicyclic amines) is 1. The van der Waals surface area contributed by atoms with Crippen LogP contribution in [0.1, 0.15) is 27.7 Å². The van der Waals surface area contributed by atoms with Gasteiger partial charge in [0.25, 0.3) is 10.1 Å². The number of hydrogen-bond acceptors (Lipinski definition) is 11. The molecule has 2 aliphatic heterocycles. The van der Waals surface area contributed by atoms with Crippen molar-refractivity contribution in [2.45, 2.75) is 64.3 Å². The molecule has 2 saturated heterocycles. The average Bonchev–Trinajstić information content (AvgIpc) is 2.91. The maximum atomic E-state index is 12.2. The van der Waals surface area contributed by atoms with Crippen LogP contribution in [0.5, 0.6) is 0 Å². The van der Waals surface area contributed by atoms with Crippen molar-refractivity contribution in [3.8, 4) is 0 Å². The van der Waals surface area contributed by atoms with Gasteiger partial charge in [-0.05, 0) is 0 Å². The van der Waals surface area contributed by atoms with Gasteiger partial charge in [-0.3, -0.25) is 23.4 Å². The first kappa shape index (κ1) is 24.0. The Balaban J connectivity index is 2.49. The van der Waals surface area contributed by atoms with Crippen LogP contribution in [0.15, 0.2) is 0 Å². The van der Waals surface area contributed by atoms with Gasteiger partial charge in [0.15, 0.2) is 12.2 Å². The van der Waals surface area contributed by atoms with Crippen LogP contribution >= 0.6 is 0 Å². The first-order valence-corrected chi connectivity index (χ1v) is 10.9. The topological polar surface area (TPSA) is 152 Å². The van der Waals surface area contributed by atoms with Crippen molar-refractivity contribution in [3.05, 3.63) is 0 Å². The molecule has 0 aromatic rings. The van der Waals surface area contributed by atoms with Crippen LogP contribution in [-0.4, -0.2) is 93.1 Å². The molecule has 2 aliphatic rings. The van der Waals surface area contributed by atoms with Crippen molar-refractivity contribution in [3.63, 3.8) is 0 Å². The fraction of sp³-hybridized carbons (Fsp3) is 0.765. The summed E-state index contributed by atoms with van der Waals surface area (Å²) in [5, 5.41) is 0. The molecule has 0 unspecified atom stereocenters. The van der Waals surface area contributed by atoms with E-state index in [1.54, 1.807) is 0 Å². The number of hydrogen-bond donors (Lipinski definition) is 0. The van der Waals surface area contributed by atoms with Gasteiger partial charge in [-0.25, -0.2) is 0 Å². The van der Waals surface area contributed by atoms with Crippen LogP contribution in [-0.2, 0) is 52.4 Å². The van der Waals surface area contributed by atoms with Gasteiger partial charge in [0.2, 0.25) is 5.91 Å². The number of carbonyl (C=O) groups is 4. The Morgan fingerprint density at radius 3 is 2.00 bits per heavy atom. The van der Waals surface area contributed by atoms with Gasteiger partial charge in [-0.1, -0.05) is 0 Å². The summed E-state index contributed by atoms with van der Waals surface area (Å²) in [4.78, 5) is 48.2. The number of rotatable bonds is 6. The van der Waals surface area contributed by atoms with Gasteiger partial charge in [0.05, 0.1) is 12.8 Å². The Morgan fingerprint density at radius 2 is 1.53 bits per heavy atom. The molecule has 6 atom stereocenters. The number of ether oxygens (including phenoxy) is 4. The molecule has 0 spiro atoms. The van der Waals surface area contributed by atoms with Gasteiger partial charge < -0.3 is 23.8 Å². The van der Waals surface area contributed by atoms with E-state index in [9.17, 15) is 27.6 Å². The van der Waals surface area contributed by atoms with Crippen LogP contribution in [0.4, 0.5) is 0 Å². The predicted molar refractivity (Wildman–Crippen MR) is 97.3 cm³/mol. The standard InChI is InChI=1S/C17H25NO11S/c1-8(19)18-6-12(29-30(5,23)24)15-14(18)17(27-11(4)22)16(26-10(3)21)13(28-15)7-25-9(2)20/h12-17H,6-7H2,1-5H3/t12-,13-,14-,15-,16+,17-/m1/s1. The maximum absolute atomic E-state index is 12.2. The first-order valence-electron chi connectivity index (χ1n) is 9.09. The van der Waals surface area contributed by atoms with E-state index in [4.69, 9.17) is 23.1 Å². The number of carbonyl (C=O) groups excluding carboxylic acids is 4. The van der Waals surface area contributed by atoms with Crippen molar-refractivity contribution in [1.82, 2.24) is 4.90 Å². The zero-order chi connectivity index (χ0) is 22.8. The molecule has 30 heavy (non-hydrogen) atoms. The second-order valence-corrected chi connectivity index (χ2v) is 8.69. The molecule has 0 N–H and O–H groups in total. The fourth-order valence-corrected chi connectivity index (χ4v) is 4.30. The van der Waals surface area contributed by atoms with E-state index in [2.05, 4.69) is 0 Å². The highest BCUT2D eigenvalue weighted by Gasteiger charge is 2.59. The van der Waals surface area contributed by atoms with E-state index in [1.807, 2.05) is 0 Å². The minimum Gasteiger partial charge on any atom is -0.463 e. The summed E-state index contributed by atoms with van der Waals surface area (Å²) in [6.45, 7) is 4.15. The van der Waals surface area contributed by atoms with E-state index in [1.165, 1.54) is 18.7 Å². The van der Waals surface area contributed by atoms with Crippen LogP contribution in [0, 0.1) is 0 Å². The van der Waals surface area contributed by atoms with Crippen molar-refractivity contribution in [2.75, 3.05) is 19.4 Å². The molecule has 0 saturated carbocycles. The summed E-state index contributed by atoms with van der Waals surface area (Å²) in [7, 11) is -3.92. The quantitative estimate of drug-likeness (QED) is 0.271. The number of fused-ring (bicyclic) bond motifs is 1. The van der Waals surface area contributed by atoms with Crippen LogP contribution < -0.4 is 0 Å². The van der Waals surface area contributed by atoms with Gasteiger partial charge in [-0.2, -0.15) is 8.42 Å². The molecule has 2 heterocycles. The number of nitrogens with zero attached hydrogens (tertiary/aromatic N) is 1. The Morgan fingerprint density at radius 1 is 0.967 bits per heavy atom. The molecule has 1 amide bonds. The molecule has 2 rings (SSSR count). The molecular formula is C17H25NO11S. The molecule has 12 nitrogen and oxygen atoms in total. The molecule has 0 aromatic carbocycles. The van der Waals surface area contributed by atoms with Gasteiger partial charge in [-0.15, -0.1) is 0 Å². The second kappa shape index (κ2) is 9.27. The first-order chi connectivity index (χ1) is 13.8. The smallest absolute Gasteiger partial charge is 0.303 e. The van der Waals surface area contributed by atoms with E-state index >= 15 is 0 Å². The van der Waals surface area contributed by atoms with Crippen LogP contribution in [0.25, 0.3) is 0 Å². The summed E-state index contributed by atoms with van der Waals surface area (Å²) < 4.78 is 50.0. The molecule has 2 fully saturated rings. The fourth-order valence-electron chi connectivity index (χ4n) is 3.68. The lowest BCUT2D eigenvalue weighted by molar-refractivity contribution is -0.230. The lowest BCUT2D eigenvalue weighted by Crippen LogP contribution is -2.64. The summed E-state index contributed by atoms with van der Waals surface area (Å²) in [6, 6.07) is -0.990. The van der Waals surface area contributed by atoms with E-state index in [-0.39, 0.29) is 13.2 Å². The summed E-state index contributed by atoms with van der Waals surface area (Å²) in [5.74, 6) is -2.53. The Kier molecular flexibility index (Phi) is 7.42. The maximum Gasteiger partial charge on any atom is 0.303 e. The number of amides is 1. The highest BCUT2D eigenvalue weighted by molar-refractivity contribution is 7.86. The zero-order valence-electron chi connectivity index (χ0n) is 17.2. The lowest BCUT2D eigenvalue weighted by atomic mass is 9.92. The summed E-state index contributed by atoms with van der Waals surface area (Å²) >= 11 is 0. The Hall–Kier alpha value is -2.25. The third-order valence-corrected chi connectivity index (χ3v) is 5.15. The van der Waals surface area contributed by atoms with E-state index < -0.39 is 70.5 Å². The summed E-state index contributed by atoms with van der Waals surface area (Å²) in [5.41, 5.74) is 0. The van der Waals surface area contributed by atoms with Gasteiger partial charge >= 0.3 is 17.9 Å². The third kappa shape index (κ3) is 5.89. The lowest BCUT2D eigenvalue weighted by Gasteiger charge is -2.45. The molecule has 0 radical (unpaired) electrons. The predicted octanol–water partition coefficient (Wildman–Crippen LogP) is -1.24. The van der Waals surface area contributed by atoms with Gasteiger partial charge in [0.1, 0.15) is 31.0 Å². The monoisotopic (exact) mass is 451 g/mol. The molecule has 0 bridgehead atoms. The molecule has 0 aromatic heterocycles. The van der Waals surface area contributed by atoms with Crippen molar-refractivity contribution in [1.29, 1.82) is 0 Å². The SMILES string of the molecule is CC(=O)OC[C@H]1O[C@H]2[C@H]([C@@H](OC(C)=O)[C@H]1OC(C)=O)N(C(C)=O)C[C@H]2OS(C)(=O)=O. The molecule has 170 valence electrons. The second-order valence-electron chi connectivity index (χ2n) is 7.09. The zero-order valence-corrected chi connectivity index (χ0v) is 18.0. The Bertz CT molecular complexity index is 811. The van der Waals surface area contributed by atoms with Crippen LogP contribution in [0.3, 0.4) is 0 Å². The molecule has 13 heteroatoms. The third-order valence-electron chi connectivity index (χ3n) is 4.56. The minimum atomic E-state index is -3.92. The van der Waals surface area contributed by atoms with E-state index in [0.717, 1.165) is 20.1 Å². The van der Waals surface area contributed by atoms with Crippen molar-refractivity contribution in [2.24, 2.45) is 0 Å². The highest BCUT2D eigenvalue weighted by atomic mass is 32.2.